The van der Waals surface area contributed by atoms with E-state index in [1.807, 2.05) is 6.92 Å². The van der Waals surface area contributed by atoms with Crippen LogP contribution < -0.4 is 5.32 Å². The molecular weight excluding hydrogens is 217 g/mol. The smallest absolute Gasteiger partial charge is 0.204 e. The van der Waals surface area contributed by atoms with Gasteiger partial charge in [-0.3, -0.25) is 0 Å². The van der Waals surface area contributed by atoms with Crippen molar-refractivity contribution in [3.8, 4) is 0 Å². The van der Waals surface area contributed by atoms with Gasteiger partial charge in [0.15, 0.2) is 0 Å². The molecule has 78 valence electrons. The van der Waals surface area contributed by atoms with Crippen molar-refractivity contribution >= 4 is 23.2 Å². The molecule has 1 heterocycles. The molecule has 1 aromatic heterocycles. The van der Waals surface area contributed by atoms with Crippen molar-refractivity contribution in [1.82, 2.24) is 9.97 Å². The molecule has 3 nitrogen and oxygen atoms in total. The van der Waals surface area contributed by atoms with Gasteiger partial charge in [0.05, 0.1) is 5.69 Å². The van der Waals surface area contributed by atoms with Gasteiger partial charge in [-0.15, -0.1) is 0 Å². The van der Waals surface area contributed by atoms with E-state index in [1.165, 1.54) is 6.07 Å². The third kappa shape index (κ3) is 2.27. The molecule has 0 spiro atoms. The zero-order valence-electron chi connectivity index (χ0n) is 8.01. The van der Waals surface area contributed by atoms with Crippen molar-refractivity contribution in [2.45, 2.75) is 6.92 Å². The maximum Gasteiger partial charge on any atom is 0.204 e. The first-order valence-corrected chi connectivity index (χ1v) is 4.76. The summed E-state index contributed by atoms with van der Waals surface area (Å²) in [6.07, 6.45) is 1.66. The minimum atomic E-state index is -0.406. The summed E-state index contributed by atoms with van der Waals surface area (Å²) in [6.45, 7) is 1.87. The van der Waals surface area contributed by atoms with Crippen LogP contribution >= 0.6 is 11.6 Å². The van der Waals surface area contributed by atoms with Gasteiger partial charge in [-0.1, -0.05) is 11.6 Å². The summed E-state index contributed by atoms with van der Waals surface area (Å²) in [5.41, 5.74) is 1.25. The van der Waals surface area contributed by atoms with Crippen molar-refractivity contribution in [3.63, 3.8) is 0 Å². The molecule has 2 N–H and O–H groups in total. The number of H-pyrrole nitrogens is 1. The van der Waals surface area contributed by atoms with Crippen LogP contribution in [0.1, 0.15) is 5.69 Å². The highest BCUT2D eigenvalue weighted by molar-refractivity contribution is 6.30. The van der Waals surface area contributed by atoms with Gasteiger partial charge in [0.25, 0.3) is 0 Å². The van der Waals surface area contributed by atoms with Gasteiger partial charge in [-0.05, 0) is 25.1 Å². The third-order valence-electron chi connectivity index (χ3n) is 1.89. The molecule has 5 heteroatoms. The minimum Gasteiger partial charge on any atom is -0.328 e. The monoisotopic (exact) mass is 225 g/mol. The lowest BCUT2D eigenvalue weighted by Crippen LogP contribution is -1.95. The zero-order valence-corrected chi connectivity index (χ0v) is 8.77. The molecule has 0 fully saturated rings. The van der Waals surface area contributed by atoms with Crippen molar-refractivity contribution in [2.24, 2.45) is 0 Å². The topological polar surface area (TPSA) is 40.7 Å². The molecule has 0 amide bonds. The van der Waals surface area contributed by atoms with Gasteiger partial charge in [-0.25, -0.2) is 9.37 Å². The second-order valence-electron chi connectivity index (χ2n) is 3.16. The fourth-order valence-electron chi connectivity index (χ4n) is 1.19. The standard InChI is InChI=1S/C10H9ClFN3/c1-6-5-13-10(14-6)15-9-3-2-7(11)4-8(9)12/h2-5H,1H3,(H2,13,14,15). The van der Waals surface area contributed by atoms with Gasteiger partial charge in [-0.2, -0.15) is 0 Å². The Hall–Kier alpha value is -1.55. The van der Waals surface area contributed by atoms with Gasteiger partial charge in [0.1, 0.15) is 5.82 Å². The van der Waals surface area contributed by atoms with E-state index in [0.717, 1.165) is 5.69 Å². The van der Waals surface area contributed by atoms with Gasteiger partial charge < -0.3 is 10.3 Å². The minimum absolute atomic E-state index is 0.341. The molecule has 0 radical (unpaired) electrons. The van der Waals surface area contributed by atoms with Crippen LogP contribution in [0.25, 0.3) is 0 Å². The van der Waals surface area contributed by atoms with Gasteiger partial charge >= 0.3 is 0 Å². The van der Waals surface area contributed by atoms with Crippen LogP contribution in [0.2, 0.25) is 5.02 Å². The predicted octanol–water partition coefficient (Wildman–Crippen LogP) is 3.25. The van der Waals surface area contributed by atoms with E-state index in [4.69, 9.17) is 11.6 Å². The number of imidazole rings is 1. The summed E-state index contributed by atoms with van der Waals surface area (Å²) in [5, 5.41) is 3.19. The number of benzene rings is 1. The maximum absolute atomic E-state index is 13.4. The Labute approximate surface area is 91.3 Å². The largest absolute Gasteiger partial charge is 0.328 e. The highest BCUT2D eigenvalue weighted by Gasteiger charge is 2.04. The maximum atomic E-state index is 13.4. The van der Waals surface area contributed by atoms with Crippen molar-refractivity contribution in [2.75, 3.05) is 5.32 Å². The number of aromatic nitrogens is 2. The molecule has 0 unspecified atom stereocenters. The van der Waals surface area contributed by atoms with Crippen LogP contribution in [0.3, 0.4) is 0 Å². The Balaban J connectivity index is 2.24. The van der Waals surface area contributed by atoms with Gasteiger partial charge in [0, 0.05) is 16.9 Å². The van der Waals surface area contributed by atoms with Crippen molar-refractivity contribution in [1.29, 1.82) is 0 Å². The number of aryl methyl sites for hydroxylation is 1. The van der Waals surface area contributed by atoms with E-state index in [0.29, 0.717) is 16.7 Å². The summed E-state index contributed by atoms with van der Waals surface area (Å²) in [6, 6.07) is 4.43. The Bertz CT molecular complexity index is 481. The average molecular weight is 226 g/mol. The summed E-state index contributed by atoms with van der Waals surface area (Å²) in [4.78, 5) is 6.95. The van der Waals surface area contributed by atoms with E-state index >= 15 is 0 Å². The first-order valence-electron chi connectivity index (χ1n) is 4.39. The normalized spacial score (nSPS) is 10.3. The number of hydrogen-bond donors (Lipinski definition) is 2. The highest BCUT2D eigenvalue weighted by atomic mass is 35.5. The quantitative estimate of drug-likeness (QED) is 0.824. The summed E-state index contributed by atoms with van der Waals surface area (Å²) >= 11 is 5.63. The zero-order chi connectivity index (χ0) is 10.8. The Morgan fingerprint density at radius 3 is 2.87 bits per heavy atom. The molecule has 0 aliphatic heterocycles. The van der Waals surface area contributed by atoms with Crippen LogP contribution in [0.4, 0.5) is 16.0 Å². The number of anilines is 2. The van der Waals surface area contributed by atoms with E-state index in [-0.39, 0.29) is 0 Å². The lowest BCUT2D eigenvalue weighted by molar-refractivity contribution is 0.632. The third-order valence-corrected chi connectivity index (χ3v) is 2.12. The average Bonchev–Trinajstić information content (AvgIpc) is 2.56. The lowest BCUT2D eigenvalue weighted by atomic mass is 10.3. The molecule has 1 aromatic carbocycles. The molecule has 0 aliphatic rings. The number of rotatable bonds is 2. The molecule has 0 aliphatic carbocycles. The van der Waals surface area contributed by atoms with Gasteiger partial charge in [0.2, 0.25) is 5.95 Å². The number of halogens is 2. The van der Waals surface area contributed by atoms with Crippen LogP contribution in [0, 0.1) is 12.7 Å². The number of nitrogens with zero attached hydrogens (tertiary/aromatic N) is 1. The molecule has 0 saturated heterocycles. The first kappa shape index (κ1) is 9.98. The van der Waals surface area contributed by atoms with Crippen LogP contribution in [-0.4, -0.2) is 9.97 Å². The second-order valence-corrected chi connectivity index (χ2v) is 3.60. The SMILES string of the molecule is Cc1cnc(Nc2ccc(Cl)cc2F)[nH]1. The first-order chi connectivity index (χ1) is 7.15. The number of aromatic amines is 1. The molecule has 0 bridgehead atoms. The van der Waals surface area contributed by atoms with Crippen molar-refractivity contribution in [3.05, 3.63) is 40.9 Å². The Morgan fingerprint density at radius 2 is 2.27 bits per heavy atom. The lowest BCUT2D eigenvalue weighted by Gasteiger charge is -2.04. The fraction of sp³-hybridized carbons (Fsp3) is 0.100. The summed E-state index contributed by atoms with van der Waals surface area (Å²) < 4.78 is 13.4. The Morgan fingerprint density at radius 1 is 1.47 bits per heavy atom. The molecule has 0 atom stereocenters. The molecule has 15 heavy (non-hydrogen) atoms. The van der Waals surface area contributed by atoms with E-state index in [2.05, 4.69) is 15.3 Å². The van der Waals surface area contributed by atoms with Crippen LogP contribution in [0.5, 0.6) is 0 Å². The molecule has 2 aromatic rings. The summed E-state index contributed by atoms with van der Waals surface area (Å²) in [7, 11) is 0. The highest BCUT2D eigenvalue weighted by Crippen LogP contribution is 2.21. The molecule has 2 rings (SSSR count). The number of nitrogens with one attached hydrogen (secondary N) is 2. The Kier molecular flexibility index (Phi) is 2.60. The van der Waals surface area contributed by atoms with E-state index < -0.39 is 5.82 Å². The molecule has 0 saturated carbocycles. The number of hydrogen-bond acceptors (Lipinski definition) is 2. The van der Waals surface area contributed by atoms with E-state index in [9.17, 15) is 4.39 Å². The molecular formula is C10H9ClFN3. The van der Waals surface area contributed by atoms with Crippen LogP contribution in [-0.2, 0) is 0 Å². The second kappa shape index (κ2) is 3.90. The summed E-state index contributed by atoms with van der Waals surface area (Å²) in [5.74, 6) is 0.102. The predicted molar refractivity (Wildman–Crippen MR) is 58.0 cm³/mol. The fourth-order valence-corrected chi connectivity index (χ4v) is 1.35. The van der Waals surface area contributed by atoms with E-state index in [1.54, 1.807) is 18.3 Å². The van der Waals surface area contributed by atoms with Crippen molar-refractivity contribution < 1.29 is 4.39 Å². The van der Waals surface area contributed by atoms with Crippen LogP contribution in [0.15, 0.2) is 24.4 Å².